The molecule has 0 spiro atoms. The van der Waals surface area contributed by atoms with Gasteiger partial charge in [-0.05, 0) is 58.0 Å². The Kier molecular flexibility index (Phi) is 4.48. The van der Waals surface area contributed by atoms with Crippen molar-refractivity contribution in [2.75, 3.05) is 27.2 Å². The van der Waals surface area contributed by atoms with Crippen molar-refractivity contribution in [3.05, 3.63) is 29.3 Å². The first-order valence-corrected chi connectivity index (χ1v) is 7.12. The molecule has 0 atom stereocenters. The van der Waals surface area contributed by atoms with Gasteiger partial charge < -0.3 is 15.0 Å². The fourth-order valence-electron chi connectivity index (χ4n) is 2.63. The summed E-state index contributed by atoms with van der Waals surface area (Å²) in [6.07, 6.45) is 2.29. The minimum absolute atomic E-state index is 0.145. The number of ether oxygens (including phenoxy) is 1. The van der Waals surface area contributed by atoms with E-state index in [9.17, 15) is 0 Å². The first-order valence-electron chi connectivity index (χ1n) is 7.12. The second-order valence-corrected chi connectivity index (χ2v) is 6.20. The molecule has 3 heteroatoms. The number of hydrogen-bond donors (Lipinski definition) is 1. The highest BCUT2D eigenvalue weighted by Gasteiger charge is 2.18. The van der Waals surface area contributed by atoms with Crippen molar-refractivity contribution in [3.63, 3.8) is 0 Å². The zero-order chi connectivity index (χ0) is 13.9. The Labute approximate surface area is 116 Å². The van der Waals surface area contributed by atoms with Gasteiger partial charge in [-0.25, -0.2) is 0 Å². The van der Waals surface area contributed by atoms with Crippen LogP contribution in [0.2, 0.25) is 0 Å². The molecule has 0 saturated heterocycles. The van der Waals surface area contributed by atoms with Crippen LogP contribution >= 0.6 is 0 Å². The smallest absolute Gasteiger partial charge is 0.122 e. The molecule has 0 fully saturated rings. The molecule has 0 unspecified atom stereocenters. The molecule has 1 aromatic rings. The molecule has 19 heavy (non-hydrogen) atoms. The lowest BCUT2D eigenvalue weighted by Crippen LogP contribution is -2.46. The van der Waals surface area contributed by atoms with E-state index in [1.165, 1.54) is 11.1 Å². The molecule has 0 bridgehead atoms. The van der Waals surface area contributed by atoms with Crippen LogP contribution in [-0.2, 0) is 13.0 Å². The number of aryl methyl sites for hydroxylation is 1. The van der Waals surface area contributed by atoms with E-state index in [0.29, 0.717) is 0 Å². The van der Waals surface area contributed by atoms with Gasteiger partial charge in [0, 0.05) is 18.6 Å². The van der Waals surface area contributed by atoms with Crippen LogP contribution in [-0.4, -0.2) is 37.7 Å². The zero-order valence-electron chi connectivity index (χ0n) is 12.6. The number of nitrogens with zero attached hydrogens (tertiary/aromatic N) is 1. The van der Waals surface area contributed by atoms with Crippen LogP contribution in [0.15, 0.2) is 18.2 Å². The van der Waals surface area contributed by atoms with Gasteiger partial charge >= 0.3 is 0 Å². The summed E-state index contributed by atoms with van der Waals surface area (Å²) in [5, 5.41) is 3.35. The molecule has 0 amide bonds. The van der Waals surface area contributed by atoms with E-state index in [4.69, 9.17) is 4.74 Å². The third-order valence-electron chi connectivity index (χ3n) is 3.77. The van der Waals surface area contributed by atoms with E-state index < -0.39 is 0 Å². The quantitative estimate of drug-likeness (QED) is 0.882. The number of nitrogens with one attached hydrogen (secondary N) is 1. The Bertz CT molecular complexity index is 429. The van der Waals surface area contributed by atoms with Crippen molar-refractivity contribution in [2.24, 2.45) is 0 Å². The Morgan fingerprint density at radius 3 is 2.89 bits per heavy atom. The molecule has 0 aliphatic carbocycles. The first-order chi connectivity index (χ1) is 9.00. The lowest BCUT2D eigenvalue weighted by atomic mass is 10.0. The van der Waals surface area contributed by atoms with Crippen molar-refractivity contribution < 1.29 is 4.74 Å². The minimum atomic E-state index is 0.145. The molecule has 1 aromatic carbocycles. The Morgan fingerprint density at radius 2 is 2.16 bits per heavy atom. The molecule has 2 rings (SSSR count). The Morgan fingerprint density at radius 1 is 1.37 bits per heavy atom. The third-order valence-corrected chi connectivity index (χ3v) is 3.77. The molecule has 106 valence electrons. The van der Waals surface area contributed by atoms with Gasteiger partial charge in [0.15, 0.2) is 0 Å². The molecular formula is C16H26N2O. The molecule has 0 radical (unpaired) electrons. The maximum Gasteiger partial charge on any atom is 0.122 e. The van der Waals surface area contributed by atoms with E-state index >= 15 is 0 Å². The topological polar surface area (TPSA) is 24.5 Å². The summed E-state index contributed by atoms with van der Waals surface area (Å²) < 4.78 is 5.66. The normalized spacial score (nSPS) is 15.2. The highest BCUT2D eigenvalue weighted by molar-refractivity contribution is 5.38. The Balaban J connectivity index is 1.99. The molecule has 1 aliphatic rings. The maximum absolute atomic E-state index is 5.66. The largest absolute Gasteiger partial charge is 0.493 e. The zero-order valence-corrected chi connectivity index (χ0v) is 12.6. The van der Waals surface area contributed by atoms with Crippen molar-refractivity contribution in [3.8, 4) is 5.75 Å². The van der Waals surface area contributed by atoms with Gasteiger partial charge in [-0.15, -0.1) is 0 Å². The number of fused-ring (bicyclic) bond motifs is 1. The van der Waals surface area contributed by atoms with Crippen molar-refractivity contribution in [1.82, 2.24) is 10.2 Å². The van der Waals surface area contributed by atoms with E-state index in [1.54, 1.807) is 0 Å². The van der Waals surface area contributed by atoms with Crippen LogP contribution in [0.3, 0.4) is 0 Å². The molecule has 3 nitrogen and oxygen atoms in total. The standard InChI is InChI=1S/C16H26N2O/c1-16(2,17-3)12-18(4)11-13-7-8-15-14(10-13)6-5-9-19-15/h7-8,10,17H,5-6,9,11-12H2,1-4H3. The summed E-state index contributed by atoms with van der Waals surface area (Å²) in [5.74, 6) is 1.08. The molecule has 0 aromatic heterocycles. The number of rotatable bonds is 5. The van der Waals surface area contributed by atoms with E-state index in [2.05, 4.69) is 49.3 Å². The van der Waals surface area contributed by atoms with Crippen molar-refractivity contribution in [1.29, 1.82) is 0 Å². The summed E-state index contributed by atoms with van der Waals surface area (Å²) >= 11 is 0. The summed E-state index contributed by atoms with van der Waals surface area (Å²) in [6.45, 7) is 7.33. The third kappa shape index (κ3) is 3.95. The van der Waals surface area contributed by atoms with Gasteiger partial charge in [0.05, 0.1) is 6.61 Å². The number of benzene rings is 1. The van der Waals surface area contributed by atoms with Crippen molar-refractivity contribution in [2.45, 2.75) is 38.8 Å². The van der Waals surface area contributed by atoms with Crippen LogP contribution in [0.1, 0.15) is 31.4 Å². The molecule has 1 aliphatic heterocycles. The second-order valence-electron chi connectivity index (χ2n) is 6.20. The average Bonchev–Trinajstić information content (AvgIpc) is 2.38. The molecular weight excluding hydrogens is 236 g/mol. The predicted octanol–water partition coefficient (Wildman–Crippen LogP) is 2.44. The van der Waals surface area contributed by atoms with E-state index in [-0.39, 0.29) is 5.54 Å². The lowest BCUT2D eigenvalue weighted by Gasteiger charge is -2.30. The molecule has 1 N–H and O–H groups in total. The second kappa shape index (κ2) is 5.93. The highest BCUT2D eigenvalue weighted by atomic mass is 16.5. The SMILES string of the molecule is CNC(C)(C)CN(C)Cc1ccc2c(c1)CCCO2. The molecule has 0 saturated carbocycles. The fourth-order valence-corrected chi connectivity index (χ4v) is 2.63. The maximum atomic E-state index is 5.66. The van der Waals surface area contributed by atoms with Gasteiger partial charge in [0.1, 0.15) is 5.75 Å². The monoisotopic (exact) mass is 262 g/mol. The summed E-state index contributed by atoms with van der Waals surface area (Å²) in [5.41, 5.74) is 2.88. The van der Waals surface area contributed by atoms with Crippen LogP contribution < -0.4 is 10.1 Å². The summed E-state index contributed by atoms with van der Waals surface area (Å²) in [7, 11) is 4.19. The van der Waals surface area contributed by atoms with Gasteiger partial charge in [-0.2, -0.15) is 0 Å². The summed E-state index contributed by atoms with van der Waals surface area (Å²) in [6, 6.07) is 6.62. The summed E-state index contributed by atoms with van der Waals surface area (Å²) in [4.78, 5) is 2.36. The van der Waals surface area contributed by atoms with E-state index in [1.807, 2.05) is 7.05 Å². The Hall–Kier alpha value is -1.06. The predicted molar refractivity (Wildman–Crippen MR) is 79.7 cm³/mol. The van der Waals surface area contributed by atoms with Gasteiger partial charge in [0.2, 0.25) is 0 Å². The number of hydrogen-bond acceptors (Lipinski definition) is 3. The van der Waals surface area contributed by atoms with Crippen molar-refractivity contribution >= 4 is 0 Å². The van der Waals surface area contributed by atoms with Crippen LogP contribution in [0.4, 0.5) is 0 Å². The first kappa shape index (κ1) is 14.4. The van der Waals surface area contributed by atoms with Crippen LogP contribution in [0.5, 0.6) is 5.75 Å². The van der Waals surface area contributed by atoms with E-state index in [0.717, 1.165) is 38.3 Å². The molecule has 1 heterocycles. The van der Waals surface area contributed by atoms with Crippen LogP contribution in [0, 0.1) is 0 Å². The van der Waals surface area contributed by atoms with Gasteiger partial charge in [-0.1, -0.05) is 12.1 Å². The minimum Gasteiger partial charge on any atom is -0.493 e. The average molecular weight is 262 g/mol. The number of likely N-dealkylation sites (N-methyl/N-ethyl adjacent to an activating group) is 2. The fraction of sp³-hybridized carbons (Fsp3) is 0.625. The van der Waals surface area contributed by atoms with Crippen LogP contribution in [0.25, 0.3) is 0 Å². The highest BCUT2D eigenvalue weighted by Crippen LogP contribution is 2.26. The van der Waals surface area contributed by atoms with Gasteiger partial charge in [0.25, 0.3) is 0 Å². The van der Waals surface area contributed by atoms with Gasteiger partial charge in [-0.3, -0.25) is 0 Å². The lowest BCUT2D eigenvalue weighted by molar-refractivity contribution is 0.238.